The topological polar surface area (TPSA) is 68.4 Å². The number of rotatable bonds is 2. The molecule has 0 bridgehead atoms. The lowest BCUT2D eigenvalue weighted by atomic mass is 9.93. The zero-order chi connectivity index (χ0) is 10.7. The van der Waals surface area contributed by atoms with Gasteiger partial charge in [-0.25, -0.2) is 0 Å². The summed E-state index contributed by atoms with van der Waals surface area (Å²) < 4.78 is 0. The van der Waals surface area contributed by atoms with E-state index in [1.165, 1.54) is 6.08 Å². The second-order valence-electron chi connectivity index (χ2n) is 3.25. The highest BCUT2D eigenvalue weighted by Crippen LogP contribution is 2.26. The molecule has 15 heavy (non-hydrogen) atoms. The van der Waals surface area contributed by atoms with Crippen LogP contribution in [-0.2, 0) is 5.54 Å². The molecule has 0 aliphatic carbocycles. The fraction of sp³-hybridized carbons (Fsp3) is 0.200. The number of hydrogen-bond acceptors (Lipinski definition) is 4. The molecule has 1 aromatic rings. The Morgan fingerprint density at radius 3 is 2.87 bits per heavy atom. The lowest BCUT2D eigenvalue weighted by Crippen LogP contribution is -2.38. The fourth-order valence-electron chi connectivity index (χ4n) is 1.51. The lowest BCUT2D eigenvalue weighted by molar-refractivity contribution is -0.561. The zero-order valence-corrected chi connectivity index (χ0v) is 7.91. The van der Waals surface area contributed by atoms with Gasteiger partial charge in [0.1, 0.15) is 12.2 Å². The SMILES string of the molecule is O=[N+]([O-])C1(c2ccccn2)C=CC=NC1. The summed E-state index contributed by atoms with van der Waals surface area (Å²) in [5.41, 5.74) is -0.876. The van der Waals surface area contributed by atoms with Gasteiger partial charge < -0.3 is 0 Å². The maximum atomic E-state index is 11.1. The molecule has 1 aromatic heterocycles. The molecule has 1 aliphatic rings. The highest BCUT2D eigenvalue weighted by molar-refractivity contribution is 5.72. The quantitative estimate of drug-likeness (QED) is 0.535. The van der Waals surface area contributed by atoms with Crippen molar-refractivity contribution in [1.82, 2.24) is 4.98 Å². The number of dihydropyridines is 1. The monoisotopic (exact) mass is 203 g/mol. The first-order valence-electron chi connectivity index (χ1n) is 4.49. The second-order valence-corrected chi connectivity index (χ2v) is 3.25. The third-order valence-corrected chi connectivity index (χ3v) is 2.33. The van der Waals surface area contributed by atoms with Crippen molar-refractivity contribution >= 4 is 6.21 Å². The van der Waals surface area contributed by atoms with Crippen LogP contribution in [0.1, 0.15) is 5.69 Å². The summed E-state index contributed by atoms with van der Waals surface area (Å²) in [6, 6.07) is 5.11. The average Bonchev–Trinajstić information content (AvgIpc) is 2.31. The van der Waals surface area contributed by atoms with Crippen molar-refractivity contribution in [3.63, 3.8) is 0 Å². The standard InChI is InChI=1S/C10H9N3O2/c14-13(15)10(5-3-6-11-8-10)9-4-1-2-7-12-9/h1-7H,8H2. The molecule has 76 valence electrons. The fourth-order valence-corrected chi connectivity index (χ4v) is 1.51. The van der Waals surface area contributed by atoms with E-state index in [1.54, 1.807) is 36.7 Å². The number of nitro groups is 1. The molecule has 0 saturated carbocycles. The number of allylic oxidation sites excluding steroid dienone is 1. The summed E-state index contributed by atoms with van der Waals surface area (Å²) in [6.07, 6.45) is 6.22. The first-order chi connectivity index (χ1) is 7.26. The molecule has 1 aliphatic heterocycles. The van der Waals surface area contributed by atoms with Crippen LogP contribution in [-0.4, -0.2) is 22.7 Å². The number of pyridine rings is 1. The molecule has 5 nitrogen and oxygen atoms in total. The van der Waals surface area contributed by atoms with Gasteiger partial charge in [-0.3, -0.25) is 20.1 Å². The van der Waals surface area contributed by atoms with Crippen molar-refractivity contribution in [3.05, 3.63) is 52.4 Å². The van der Waals surface area contributed by atoms with E-state index < -0.39 is 5.54 Å². The van der Waals surface area contributed by atoms with E-state index in [9.17, 15) is 10.1 Å². The predicted octanol–water partition coefficient (Wildman–Crippen LogP) is 1.19. The number of nitrogens with zero attached hydrogens (tertiary/aromatic N) is 3. The van der Waals surface area contributed by atoms with Crippen molar-refractivity contribution in [3.8, 4) is 0 Å². The van der Waals surface area contributed by atoms with Gasteiger partial charge >= 0.3 is 5.54 Å². The van der Waals surface area contributed by atoms with Crippen LogP contribution in [0.5, 0.6) is 0 Å². The first-order valence-corrected chi connectivity index (χ1v) is 4.49. The van der Waals surface area contributed by atoms with Crippen LogP contribution in [0.2, 0.25) is 0 Å². The molecule has 0 amide bonds. The van der Waals surface area contributed by atoms with E-state index in [4.69, 9.17) is 0 Å². The van der Waals surface area contributed by atoms with Crippen molar-refractivity contribution in [1.29, 1.82) is 0 Å². The number of aliphatic imine (C=N–C) groups is 1. The average molecular weight is 203 g/mol. The molecule has 0 fully saturated rings. The van der Waals surface area contributed by atoms with Crippen molar-refractivity contribution < 1.29 is 4.92 Å². The number of hydrogen-bond donors (Lipinski definition) is 0. The van der Waals surface area contributed by atoms with E-state index in [2.05, 4.69) is 9.98 Å². The van der Waals surface area contributed by atoms with Gasteiger partial charge in [-0.15, -0.1) is 0 Å². The summed E-state index contributed by atoms with van der Waals surface area (Å²) >= 11 is 0. The molecule has 0 N–H and O–H groups in total. The lowest BCUT2D eigenvalue weighted by Gasteiger charge is -2.20. The Morgan fingerprint density at radius 1 is 1.47 bits per heavy atom. The molecule has 0 spiro atoms. The Morgan fingerprint density at radius 2 is 2.33 bits per heavy atom. The first kappa shape index (κ1) is 9.51. The van der Waals surface area contributed by atoms with Gasteiger partial charge in [-0.05, 0) is 18.2 Å². The Balaban J connectivity index is 2.49. The summed E-state index contributed by atoms with van der Waals surface area (Å²) in [4.78, 5) is 18.7. The molecule has 1 atom stereocenters. The van der Waals surface area contributed by atoms with Crippen LogP contribution in [0.15, 0.2) is 41.5 Å². The maximum Gasteiger partial charge on any atom is 0.301 e. The minimum atomic E-state index is -1.30. The second kappa shape index (κ2) is 3.61. The van der Waals surface area contributed by atoms with E-state index in [-0.39, 0.29) is 11.5 Å². The molecule has 0 aromatic carbocycles. The normalized spacial score (nSPS) is 24.0. The minimum absolute atomic E-state index is 0.105. The van der Waals surface area contributed by atoms with Gasteiger partial charge in [0, 0.05) is 23.4 Å². The van der Waals surface area contributed by atoms with Gasteiger partial charge in [0.2, 0.25) is 0 Å². The third-order valence-electron chi connectivity index (χ3n) is 2.33. The van der Waals surface area contributed by atoms with Gasteiger partial charge in [0.15, 0.2) is 0 Å². The van der Waals surface area contributed by atoms with Crippen LogP contribution in [0, 0.1) is 10.1 Å². The predicted molar refractivity (Wildman–Crippen MR) is 55.4 cm³/mol. The van der Waals surface area contributed by atoms with Gasteiger partial charge in [-0.2, -0.15) is 0 Å². The third kappa shape index (κ3) is 1.52. The molecular weight excluding hydrogens is 194 g/mol. The van der Waals surface area contributed by atoms with Crippen molar-refractivity contribution in [2.75, 3.05) is 6.54 Å². The summed E-state index contributed by atoms with van der Waals surface area (Å²) in [5, 5.41) is 11.1. The van der Waals surface area contributed by atoms with Crippen molar-refractivity contribution in [2.24, 2.45) is 4.99 Å². The van der Waals surface area contributed by atoms with E-state index >= 15 is 0 Å². The van der Waals surface area contributed by atoms with E-state index in [0.29, 0.717) is 5.69 Å². The highest BCUT2D eigenvalue weighted by Gasteiger charge is 2.44. The maximum absolute atomic E-state index is 11.1. The molecule has 0 radical (unpaired) electrons. The molecule has 2 rings (SSSR count). The zero-order valence-electron chi connectivity index (χ0n) is 7.91. The van der Waals surface area contributed by atoms with E-state index in [0.717, 1.165) is 0 Å². The Bertz CT molecular complexity index is 428. The smallest absolute Gasteiger partial charge is 0.285 e. The summed E-state index contributed by atoms with van der Waals surface area (Å²) in [6.45, 7) is 0.105. The summed E-state index contributed by atoms with van der Waals surface area (Å²) in [7, 11) is 0. The largest absolute Gasteiger partial charge is 0.301 e. The molecule has 1 unspecified atom stereocenters. The highest BCUT2D eigenvalue weighted by atomic mass is 16.6. The van der Waals surface area contributed by atoms with E-state index in [1.807, 2.05) is 0 Å². The van der Waals surface area contributed by atoms with Gasteiger partial charge in [0.25, 0.3) is 0 Å². The minimum Gasteiger partial charge on any atom is -0.285 e. The van der Waals surface area contributed by atoms with Crippen LogP contribution >= 0.6 is 0 Å². The summed E-state index contributed by atoms with van der Waals surface area (Å²) in [5.74, 6) is 0. The molecular formula is C10H9N3O2. The van der Waals surface area contributed by atoms with Crippen molar-refractivity contribution in [2.45, 2.75) is 5.54 Å². The molecule has 0 saturated heterocycles. The van der Waals surface area contributed by atoms with Crippen LogP contribution in [0.3, 0.4) is 0 Å². The molecule has 2 heterocycles. The Labute approximate surface area is 86.3 Å². The van der Waals surface area contributed by atoms with Crippen LogP contribution < -0.4 is 0 Å². The molecule has 5 heteroatoms. The van der Waals surface area contributed by atoms with Gasteiger partial charge in [-0.1, -0.05) is 6.07 Å². The Kier molecular flexibility index (Phi) is 2.29. The van der Waals surface area contributed by atoms with Crippen LogP contribution in [0.25, 0.3) is 0 Å². The van der Waals surface area contributed by atoms with Gasteiger partial charge in [0.05, 0.1) is 0 Å². The Hall–Kier alpha value is -2.04. The number of aromatic nitrogens is 1. The van der Waals surface area contributed by atoms with Crippen LogP contribution in [0.4, 0.5) is 0 Å².